The Kier molecular flexibility index (Phi) is 23.0. The van der Waals surface area contributed by atoms with Crippen LogP contribution in [0.3, 0.4) is 0 Å². The standard InChI is InChI=1S/C25H48/c1-3-5-7-9-11-13-15-17-19-21-23-25-24-22-20-18-16-14-12-10-8-6-4-2/h3,18,20H,1,4-17,19,21-25H2,2H3. The van der Waals surface area contributed by atoms with Gasteiger partial charge < -0.3 is 0 Å². The predicted molar refractivity (Wildman–Crippen MR) is 117 cm³/mol. The minimum Gasteiger partial charge on any atom is -0.103 e. The molecule has 0 aliphatic heterocycles. The number of unbranched alkanes of at least 4 members (excludes halogenated alkanes) is 18. The molecule has 148 valence electrons. The van der Waals surface area contributed by atoms with Crippen LogP contribution < -0.4 is 0 Å². The SMILES string of the molecule is C=CCCCCCCCCCCCCCC=CCCCCCCCC. The minimum absolute atomic E-state index is 1.20. The third-order valence-corrected chi connectivity index (χ3v) is 5.17. The zero-order valence-electron chi connectivity index (χ0n) is 17.6. The second-order valence-corrected chi connectivity index (χ2v) is 7.78. The first-order chi connectivity index (χ1) is 12.4. The molecule has 0 aromatic heterocycles. The molecule has 0 fully saturated rings. The molecule has 0 rings (SSSR count). The van der Waals surface area contributed by atoms with Crippen LogP contribution in [0.4, 0.5) is 0 Å². The van der Waals surface area contributed by atoms with Crippen LogP contribution in [-0.2, 0) is 0 Å². The summed E-state index contributed by atoms with van der Waals surface area (Å²) in [7, 11) is 0. The van der Waals surface area contributed by atoms with Crippen molar-refractivity contribution in [1.29, 1.82) is 0 Å². The fourth-order valence-corrected chi connectivity index (χ4v) is 3.42. The Bertz CT molecular complexity index is 263. The van der Waals surface area contributed by atoms with Gasteiger partial charge in [-0.25, -0.2) is 0 Å². The van der Waals surface area contributed by atoms with E-state index in [4.69, 9.17) is 0 Å². The monoisotopic (exact) mass is 348 g/mol. The Labute approximate surface area is 160 Å². The van der Waals surface area contributed by atoms with Crippen LogP contribution in [0.15, 0.2) is 24.8 Å². The normalized spacial score (nSPS) is 11.4. The molecule has 0 saturated heterocycles. The van der Waals surface area contributed by atoms with E-state index in [1.165, 1.54) is 128 Å². The Hall–Kier alpha value is -0.520. The molecule has 0 saturated carbocycles. The summed E-state index contributed by atoms with van der Waals surface area (Å²) in [6, 6.07) is 0. The van der Waals surface area contributed by atoms with Gasteiger partial charge in [-0.15, -0.1) is 6.58 Å². The van der Waals surface area contributed by atoms with Crippen molar-refractivity contribution in [3.8, 4) is 0 Å². The molecule has 0 heterocycles. The van der Waals surface area contributed by atoms with Crippen molar-refractivity contribution in [1.82, 2.24) is 0 Å². The largest absolute Gasteiger partial charge is 0.103 e. The van der Waals surface area contributed by atoms with Gasteiger partial charge >= 0.3 is 0 Å². The Morgan fingerprint density at radius 3 is 1.12 bits per heavy atom. The van der Waals surface area contributed by atoms with Gasteiger partial charge in [-0.05, 0) is 38.5 Å². The van der Waals surface area contributed by atoms with Crippen molar-refractivity contribution >= 4 is 0 Å². The second-order valence-electron chi connectivity index (χ2n) is 7.78. The molecule has 0 nitrogen and oxygen atoms in total. The van der Waals surface area contributed by atoms with E-state index in [1.807, 2.05) is 6.08 Å². The highest BCUT2D eigenvalue weighted by molar-refractivity contribution is 4.81. The van der Waals surface area contributed by atoms with Crippen molar-refractivity contribution in [2.45, 2.75) is 135 Å². The van der Waals surface area contributed by atoms with Gasteiger partial charge in [0.2, 0.25) is 0 Å². The van der Waals surface area contributed by atoms with E-state index >= 15 is 0 Å². The van der Waals surface area contributed by atoms with E-state index in [2.05, 4.69) is 25.7 Å². The maximum atomic E-state index is 3.78. The Balaban J connectivity index is 3.04. The Morgan fingerprint density at radius 2 is 0.760 bits per heavy atom. The number of hydrogen-bond acceptors (Lipinski definition) is 0. The highest BCUT2D eigenvalue weighted by Gasteiger charge is 1.93. The van der Waals surface area contributed by atoms with Crippen molar-refractivity contribution in [3.05, 3.63) is 24.8 Å². The van der Waals surface area contributed by atoms with Gasteiger partial charge in [0.1, 0.15) is 0 Å². The van der Waals surface area contributed by atoms with E-state index in [9.17, 15) is 0 Å². The molecular weight excluding hydrogens is 300 g/mol. The van der Waals surface area contributed by atoms with Crippen LogP contribution in [-0.4, -0.2) is 0 Å². The Morgan fingerprint density at radius 1 is 0.440 bits per heavy atom. The first-order valence-corrected chi connectivity index (χ1v) is 11.7. The lowest BCUT2D eigenvalue weighted by Gasteiger charge is -2.02. The molecule has 0 heteroatoms. The molecule has 0 aromatic carbocycles. The van der Waals surface area contributed by atoms with E-state index in [0.29, 0.717) is 0 Å². The molecule has 0 spiro atoms. The van der Waals surface area contributed by atoms with Crippen LogP contribution in [0.2, 0.25) is 0 Å². The van der Waals surface area contributed by atoms with Gasteiger partial charge in [-0.1, -0.05) is 115 Å². The molecule has 0 aromatic rings. The molecule has 0 N–H and O–H groups in total. The quantitative estimate of drug-likeness (QED) is 0.143. The molecule has 0 atom stereocenters. The van der Waals surface area contributed by atoms with Crippen molar-refractivity contribution in [2.24, 2.45) is 0 Å². The smallest absolute Gasteiger partial charge is 0.0351 e. The van der Waals surface area contributed by atoms with E-state index in [0.717, 1.165) is 0 Å². The maximum absolute atomic E-state index is 3.78. The lowest BCUT2D eigenvalue weighted by molar-refractivity contribution is 0.547. The topological polar surface area (TPSA) is 0 Å². The zero-order chi connectivity index (χ0) is 18.3. The van der Waals surface area contributed by atoms with E-state index in [1.54, 1.807) is 0 Å². The summed E-state index contributed by atoms with van der Waals surface area (Å²) in [5.74, 6) is 0. The van der Waals surface area contributed by atoms with Crippen LogP contribution >= 0.6 is 0 Å². The summed E-state index contributed by atoms with van der Waals surface area (Å²) in [5.41, 5.74) is 0. The second kappa shape index (κ2) is 23.5. The first kappa shape index (κ1) is 24.5. The highest BCUT2D eigenvalue weighted by atomic mass is 14.0. The average Bonchev–Trinajstić information content (AvgIpc) is 2.63. The molecule has 0 aliphatic carbocycles. The number of rotatable bonds is 21. The van der Waals surface area contributed by atoms with E-state index < -0.39 is 0 Å². The zero-order valence-corrected chi connectivity index (χ0v) is 17.6. The van der Waals surface area contributed by atoms with Gasteiger partial charge in [0, 0.05) is 0 Å². The third-order valence-electron chi connectivity index (χ3n) is 5.17. The van der Waals surface area contributed by atoms with Crippen molar-refractivity contribution in [3.63, 3.8) is 0 Å². The van der Waals surface area contributed by atoms with Gasteiger partial charge in [0.15, 0.2) is 0 Å². The molecule has 0 aliphatic rings. The molecule has 0 bridgehead atoms. The minimum atomic E-state index is 1.20. The molecule has 0 amide bonds. The lowest BCUT2D eigenvalue weighted by atomic mass is 10.0. The van der Waals surface area contributed by atoms with Crippen LogP contribution in [0.5, 0.6) is 0 Å². The van der Waals surface area contributed by atoms with Crippen molar-refractivity contribution in [2.75, 3.05) is 0 Å². The maximum Gasteiger partial charge on any atom is -0.0351 e. The summed E-state index contributed by atoms with van der Waals surface area (Å²) in [6.45, 7) is 6.07. The first-order valence-electron chi connectivity index (χ1n) is 11.7. The van der Waals surface area contributed by atoms with Crippen LogP contribution in [0.25, 0.3) is 0 Å². The van der Waals surface area contributed by atoms with Crippen LogP contribution in [0, 0.1) is 0 Å². The van der Waals surface area contributed by atoms with E-state index in [-0.39, 0.29) is 0 Å². The number of hydrogen-bond donors (Lipinski definition) is 0. The lowest BCUT2D eigenvalue weighted by Crippen LogP contribution is -1.82. The fraction of sp³-hybridized carbons (Fsp3) is 0.840. The fourth-order valence-electron chi connectivity index (χ4n) is 3.42. The summed E-state index contributed by atoms with van der Waals surface area (Å²) in [6.07, 6.45) is 34.9. The average molecular weight is 349 g/mol. The summed E-state index contributed by atoms with van der Waals surface area (Å²) >= 11 is 0. The molecular formula is C25H48. The van der Waals surface area contributed by atoms with Gasteiger partial charge in [-0.3, -0.25) is 0 Å². The third kappa shape index (κ3) is 23.5. The number of allylic oxidation sites excluding steroid dienone is 3. The molecule has 25 heavy (non-hydrogen) atoms. The van der Waals surface area contributed by atoms with Crippen LogP contribution in [0.1, 0.15) is 135 Å². The van der Waals surface area contributed by atoms with Gasteiger partial charge in [-0.2, -0.15) is 0 Å². The molecule has 0 radical (unpaired) electrons. The molecule has 0 unspecified atom stereocenters. The summed E-state index contributed by atoms with van der Waals surface area (Å²) in [4.78, 5) is 0. The summed E-state index contributed by atoms with van der Waals surface area (Å²) < 4.78 is 0. The van der Waals surface area contributed by atoms with Crippen molar-refractivity contribution < 1.29 is 0 Å². The van der Waals surface area contributed by atoms with Gasteiger partial charge in [0.05, 0.1) is 0 Å². The highest BCUT2D eigenvalue weighted by Crippen LogP contribution is 2.13. The summed E-state index contributed by atoms with van der Waals surface area (Å²) in [5, 5.41) is 0. The predicted octanol–water partition coefficient (Wildman–Crippen LogP) is 9.55. The van der Waals surface area contributed by atoms with Gasteiger partial charge in [0.25, 0.3) is 0 Å².